The second-order valence-electron chi connectivity index (χ2n) is 5.82. The number of ether oxygens (including phenoxy) is 1. The van der Waals surface area contributed by atoms with Crippen molar-refractivity contribution in [2.24, 2.45) is 0 Å². The largest absolute Gasteiger partial charge is 0.476 e. The number of para-hydroxylation sites is 1. The monoisotopic (exact) mass is 300 g/mol. The average molecular weight is 300 g/mol. The molecule has 2 N–H and O–H groups in total. The van der Waals surface area contributed by atoms with Crippen LogP contribution < -0.4 is 15.4 Å². The molecule has 0 radical (unpaired) electrons. The summed E-state index contributed by atoms with van der Waals surface area (Å²) in [6.07, 6.45) is 0. The number of carbonyl (C=O) groups is 1. The van der Waals surface area contributed by atoms with Crippen LogP contribution in [0.4, 0.5) is 15.8 Å². The molecule has 0 fully saturated rings. The molecule has 3 rings (SSSR count). The first-order chi connectivity index (χ1) is 10.4. The van der Waals surface area contributed by atoms with Crippen LogP contribution in [0.25, 0.3) is 0 Å². The van der Waals surface area contributed by atoms with E-state index in [9.17, 15) is 9.18 Å². The first-order valence-corrected chi connectivity index (χ1v) is 7.02. The summed E-state index contributed by atoms with van der Waals surface area (Å²) < 4.78 is 18.8. The summed E-state index contributed by atoms with van der Waals surface area (Å²) in [5.74, 6) is 0.0891. The maximum absolute atomic E-state index is 13.0. The Bertz CT molecular complexity index is 726. The molecule has 0 bridgehead atoms. The van der Waals surface area contributed by atoms with E-state index in [-0.39, 0.29) is 11.7 Å². The van der Waals surface area contributed by atoms with Crippen molar-refractivity contribution in [2.45, 2.75) is 26.0 Å². The summed E-state index contributed by atoms with van der Waals surface area (Å²) in [4.78, 5) is 14.3. The fourth-order valence-electron chi connectivity index (χ4n) is 2.58. The number of hydrogen-bond donors (Lipinski definition) is 1. The highest BCUT2D eigenvalue weighted by atomic mass is 19.1. The molecule has 4 nitrogen and oxygen atoms in total. The third-order valence-electron chi connectivity index (χ3n) is 3.68. The Kier molecular flexibility index (Phi) is 3.28. The molecule has 0 unspecified atom stereocenters. The second-order valence-corrected chi connectivity index (χ2v) is 5.82. The van der Waals surface area contributed by atoms with Gasteiger partial charge in [-0.2, -0.15) is 0 Å². The van der Waals surface area contributed by atoms with Crippen LogP contribution in [0, 0.1) is 5.82 Å². The summed E-state index contributed by atoms with van der Waals surface area (Å²) in [5, 5.41) is 0. The molecule has 22 heavy (non-hydrogen) atoms. The van der Waals surface area contributed by atoms with Gasteiger partial charge >= 0.3 is 0 Å². The van der Waals surface area contributed by atoms with E-state index in [1.807, 2.05) is 0 Å². The predicted octanol–water partition coefficient (Wildman–Crippen LogP) is 3.11. The smallest absolute Gasteiger partial charge is 0.271 e. The van der Waals surface area contributed by atoms with E-state index in [4.69, 9.17) is 10.5 Å². The molecule has 2 aromatic carbocycles. The Morgan fingerprint density at radius 2 is 1.86 bits per heavy atom. The lowest BCUT2D eigenvalue weighted by molar-refractivity contribution is -0.132. The van der Waals surface area contributed by atoms with Gasteiger partial charge in [-0.1, -0.05) is 18.2 Å². The van der Waals surface area contributed by atoms with Crippen LogP contribution in [0.2, 0.25) is 0 Å². The fraction of sp³-hybridized carbons (Fsp3) is 0.235. The summed E-state index contributed by atoms with van der Waals surface area (Å²) in [6, 6.07) is 11.4. The standard InChI is InChI=1S/C17H17FN2O2/c1-17(2)16(21)20(10-11-6-8-12(18)9-7-11)15-13(19)4-3-5-14(15)22-17/h3-9H,10,19H2,1-2H3. The Labute approximate surface area is 128 Å². The van der Waals surface area contributed by atoms with Gasteiger partial charge in [0.1, 0.15) is 17.3 Å². The predicted molar refractivity (Wildman–Crippen MR) is 83.2 cm³/mol. The molecule has 2 aromatic rings. The average Bonchev–Trinajstić information content (AvgIpc) is 2.46. The molecular weight excluding hydrogens is 283 g/mol. The Hall–Kier alpha value is -2.56. The molecule has 1 aliphatic rings. The first-order valence-electron chi connectivity index (χ1n) is 7.02. The zero-order valence-electron chi connectivity index (χ0n) is 12.5. The van der Waals surface area contributed by atoms with Crippen LogP contribution in [-0.2, 0) is 11.3 Å². The van der Waals surface area contributed by atoms with Crippen molar-refractivity contribution in [3.8, 4) is 5.75 Å². The minimum absolute atomic E-state index is 0.178. The zero-order valence-corrected chi connectivity index (χ0v) is 12.5. The lowest BCUT2D eigenvalue weighted by atomic mass is 10.0. The number of hydrogen-bond acceptors (Lipinski definition) is 3. The molecule has 0 aromatic heterocycles. The normalized spacial score (nSPS) is 16.1. The zero-order chi connectivity index (χ0) is 15.9. The molecule has 0 spiro atoms. The van der Waals surface area contributed by atoms with E-state index >= 15 is 0 Å². The highest BCUT2D eigenvalue weighted by Gasteiger charge is 2.41. The third-order valence-corrected chi connectivity index (χ3v) is 3.68. The fourth-order valence-corrected chi connectivity index (χ4v) is 2.58. The maximum Gasteiger partial charge on any atom is 0.271 e. The van der Waals surface area contributed by atoms with Crippen LogP contribution >= 0.6 is 0 Å². The lowest BCUT2D eigenvalue weighted by Crippen LogP contribution is -2.52. The van der Waals surface area contributed by atoms with Crippen molar-refractivity contribution in [2.75, 3.05) is 10.6 Å². The molecule has 5 heteroatoms. The van der Waals surface area contributed by atoms with Crippen LogP contribution in [-0.4, -0.2) is 11.5 Å². The van der Waals surface area contributed by atoms with Gasteiger partial charge in [0.2, 0.25) is 0 Å². The van der Waals surface area contributed by atoms with Crippen LogP contribution in [0.3, 0.4) is 0 Å². The number of fused-ring (bicyclic) bond motifs is 1. The molecule has 0 saturated carbocycles. The van der Waals surface area contributed by atoms with Crippen molar-refractivity contribution >= 4 is 17.3 Å². The van der Waals surface area contributed by atoms with Gasteiger partial charge in [0, 0.05) is 0 Å². The van der Waals surface area contributed by atoms with Crippen molar-refractivity contribution in [3.63, 3.8) is 0 Å². The minimum atomic E-state index is -0.971. The van der Waals surface area contributed by atoms with Crippen molar-refractivity contribution in [1.82, 2.24) is 0 Å². The molecule has 114 valence electrons. The topological polar surface area (TPSA) is 55.6 Å². The van der Waals surface area contributed by atoms with Crippen molar-refractivity contribution in [3.05, 3.63) is 53.8 Å². The number of nitrogens with zero attached hydrogens (tertiary/aromatic N) is 1. The maximum atomic E-state index is 13.0. The van der Waals surface area contributed by atoms with Crippen molar-refractivity contribution < 1.29 is 13.9 Å². The van der Waals surface area contributed by atoms with Gasteiger partial charge in [-0.3, -0.25) is 9.69 Å². The highest BCUT2D eigenvalue weighted by molar-refractivity contribution is 6.04. The first kappa shape index (κ1) is 14.4. The third kappa shape index (κ3) is 2.39. The SMILES string of the molecule is CC1(C)Oc2cccc(N)c2N(Cc2ccc(F)cc2)C1=O. The van der Waals surface area contributed by atoms with Gasteiger partial charge in [0.05, 0.1) is 12.2 Å². The van der Waals surface area contributed by atoms with Gasteiger partial charge in [0.15, 0.2) is 5.60 Å². The van der Waals surface area contributed by atoms with Gasteiger partial charge in [0.25, 0.3) is 5.91 Å². The van der Waals surface area contributed by atoms with Crippen molar-refractivity contribution in [1.29, 1.82) is 0 Å². The van der Waals surface area contributed by atoms with Crippen LogP contribution in [0.5, 0.6) is 5.75 Å². The second kappa shape index (κ2) is 5.02. The lowest BCUT2D eigenvalue weighted by Gasteiger charge is -2.39. The van der Waals surface area contributed by atoms with E-state index in [1.54, 1.807) is 49.1 Å². The molecule has 0 atom stereocenters. The molecule has 1 amide bonds. The van der Waals surface area contributed by atoms with Crippen LogP contribution in [0.1, 0.15) is 19.4 Å². The molecule has 1 heterocycles. The summed E-state index contributed by atoms with van der Waals surface area (Å²) >= 11 is 0. The minimum Gasteiger partial charge on any atom is -0.476 e. The van der Waals surface area contributed by atoms with Gasteiger partial charge in [-0.15, -0.1) is 0 Å². The van der Waals surface area contributed by atoms with Gasteiger partial charge < -0.3 is 10.5 Å². The Balaban J connectivity index is 2.05. The van der Waals surface area contributed by atoms with E-state index in [1.165, 1.54) is 12.1 Å². The Morgan fingerprint density at radius 1 is 1.18 bits per heavy atom. The van der Waals surface area contributed by atoms with E-state index in [2.05, 4.69) is 0 Å². The summed E-state index contributed by atoms with van der Waals surface area (Å²) in [6.45, 7) is 3.76. The van der Waals surface area contributed by atoms with Crippen LogP contribution in [0.15, 0.2) is 42.5 Å². The number of halogens is 1. The highest BCUT2D eigenvalue weighted by Crippen LogP contribution is 2.42. The molecule has 1 aliphatic heterocycles. The summed E-state index contributed by atoms with van der Waals surface area (Å²) in [5.41, 5.74) is 6.92. The number of amides is 1. The number of benzene rings is 2. The van der Waals surface area contributed by atoms with Gasteiger partial charge in [-0.25, -0.2) is 4.39 Å². The number of rotatable bonds is 2. The van der Waals surface area contributed by atoms with E-state index in [0.717, 1.165) is 5.56 Å². The number of nitrogen functional groups attached to an aromatic ring is 1. The number of anilines is 2. The number of carbonyl (C=O) groups excluding carboxylic acids is 1. The summed E-state index contributed by atoms with van der Waals surface area (Å²) in [7, 11) is 0. The van der Waals surface area contributed by atoms with E-state index in [0.29, 0.717) is 23.7 Å². The molecule has 0 aliphatic carbocycles. The quantitative estimate of drug-likeness (QED) is 0.867. The number of nitrogens with two attached hydrogens (primary N) is 1. The molecular formula is C17H17FN2O2. The molecule has 0 saturated heterocycles. The van der Waals surface area contributed by atoms with Gasteiger partial charge in [-0.05, 0) is 43.7 Å². The Morgan fingerprint density at radius 3 is 2.55 bits per heavy atom. The van der Waals surface area contributed by atoms with E-state index < -0.39 is 5.60 Å².